The van der Waals surface area contributed by atoms with Crippen molar-refractivity contribution in [1.29, 1.82) is 5.26 Å². The molecule has 8 aliphatic rings. The summed E-state index contributed by atoms with van der Waals surface area (Å²) < 4.78 is 18.3. The average Bonchev–Trinajstić information content (AvgIpc) is 0.962. The van der Waals surface area contributed by atoms with Gasteiger partial charge in [0.25, 0.3) is 0 Å². The smallest absolute Gasteiger partial charge is 0.318 e. The van der Waals surface area contributed by atoms with Gasteiger partial charge in [0, 0.05) is 159 Å². The van der Waals surface area contributed by atoms with Crippen molar-refractivity contribution >= 4 is 98.1 Å². The van der Waals surface area contributed by atoms with Gasteiger partial charge in [0.05, 0.1) is 93.8 Å². The molecule has 3 unspecified atom stereocenters. The highest BCUT2D eigenvalue weighted by molar-refractivity contribution is 7.59. The number of aromatic nitrogens is 6. The minimum absolute atomic E-state index is 0. The van der Waals surface area contributed by atoms with Gasteiger partial charge >= 0.3 is 18.0 Å². The number of likely N-dealkylation sites (N-methyl/N-ethyl adjacent to an activating group) is 1. The van der Waals surface area contributed by atoms with E-state index in [1.807, 2.05) is 79.7 Å². The second-order valence-corrected chi connectivity index (χ2v) is 32.6. The van der Waals surface area contributed by atoms with E-state index in [4.69, 9.17) is 44.1 Å². The Kier molecular flexibility index (Phi) is 28.8. The van der Waals surface area contributed by atoms with Crippen molar-refractivity contribution in [3.05, 3.63) is 181 Å². The molecule has 648 valence electrons. The predicted molar refractivity (Wildman–Crippen MR) is 483 cm³/mol. The number of nitrogens with zero attached hydrogens (tertiary/aromatic N) is 18. The molecule has 6 aromatic carbocycles. The van der Waals surface area contributed by atoms with E-state index >= 15 is 0 Å². The van der Waals surface area contributed by atoms with Gasteiger partial charge in [-0.2, -0.15) is 48.7 Å². The Bertz CT molecular complexity index is 5340. The highest BCUT2D eigenvalue weighted by Crippen LogP contribution is 2.42. The van der Waals surface area contributed by atoms with E-state index in [9.17, 15) is 45.2 Å². The fourth-order valence-electron chi connectivity index (χ4n) is 18.5. The Hall–Kier alpha value is -11.8. The van der Waals surface area contributed by atoms with E-state index in [1.54, 1.807) is 32.9 Å². The summed E-state index contributed by atoms with van der Waals surface area (Å²) in [5, 5.41) is 67.7. The minimum Gasteiger partial charge on any atom is -0.508 e. The first-order chi connectivity index (χ1) is 59.5. The largest absolute Gasteiger partial charge is 0.508 e. The zero-order chi connectivity index (χ0) is 84.9. The highest BCUT2D eigenvalue weighted by Gasteiger charge is 2.39. The number of phenols is 3. The van der Waals surface area contributed by atoms with Crippen molar-refractivity contribution in [3.63, 3.8) is 0 Å². The monoisotopic (exact) mass is 1690 g/mol. The molecule has 30 heteroatoms. The number of anilines is 6. The molecule has 17 rings (SSSR count). The Morgan fingerprint density at radius 3 is 1.37 bits per heavy atom. The Labute approximate surface area is 725 Å². The third kappa shape index (κ3) is 20.0. The lowest BCUT2D eigenvalue weighted by Gasteiger charge is -2.42. The number of carbonyl (C=O) groups is 3. The molecule has 123 heavy (non-hydrogen) atoms. The first-order valence-corrected chi connectivity index (χ1v) is 43.0. The molecule has 3 amide bonds. The lowest BCUT2D eigenvalue weighted by Crippen LogP contribution is -2.56. The van der Waals surface area contributed by atoms with E-state index in [0.29, 0.717) is 135 Å². The van der Waals surface area contributed by atoms with Crippen molar-refractivity contribution in [2.45, 2.75) is 121 Å². The van der Waals surface area contributed by atoms with Crippen LogP contribution in [0.5, 0.6) is 35.3 Å². The number of aliphatic hydroxyl groups excluding tert-OH is 2. The van der Waals surface area contributed by atoms with Gasteiger partial charge in [-0.1, -0.05) is 106 Å². The molecule has 9 aromatic rings. The molecular formula is C93H114N18O11S. The number of piperazine rings is 3. The molecule has 0 spiro atoms. The van der Waals surface area contributed by atoms with Crippen LogP contribution in [0.4, 0.5) is 34.5 Å². The van der Waals surface area contributed by atoms with Crippen LogP contribution in [0, 0.1) is 11.3 Å². The van der Waals surface area contributed by atoms with E-state index in [0.717, 1.165) is 179 Å². The third-order valence-corrected chi connectivity index (χ3v) is 24.8. The summed E-state index contributed by atoms with van der Waals surface area (Å²) in [6, 6.07) is 37.7. The maximum atomic E-state index is 12.4. The van der Waals surface area contributed by atoms with Crippen LogP contribution >= 0.6 is 13.5 Å². The quantitative estimate of drug-likeness (QED) is 0.0294. The minimum atomic E-state index is -0.298. The standard InChI is InChI=1S/C33H42N6O4.C31H38N6O4.C29H32N6O3.H2S/c1-2-31(42)38-16-17-39(25(21-38)23-40)32-28-11-15-37(30-20-26(41)19-24-9-4-5-10-27(24)30)22-29(28)34-33(35-32)43-18-8-14-36-12-6-3-7-13-36;1-3-29(40)36-13-14-37(23(17-36)19-38)30-26-10-12-35(28-16-24(39)15-21-7-4-5-9-25(21)28)18-27(26)32-31(33-30)41-20-22-8-6-11-34(22)2;1-3-15-38-29-31-25-19-33(26-17-22(36)16-20-7-5-6-8-23(20)26)12-10-24(25)28(32-29)34-13-14-35(27(37)4-2)21(18-34)9-11-30;/h2,4-5,9-10,19-20,25,40-41H,1,3,6-8,11-18,21-23H2;3-5,7,9,15-16,22-23,38-39H,1,6,8,10-14,17-20H2,2H3;4-8,16-17,21,36H,2-3,9-10,12-15,18-19H2,1H3;1H2/t;22-,23?;;/m.0../s1. The molecular weight excluding hydrogens is 1580 g/mol. The molecule has 29 nitrogen and oxygen atoms in total. The first kappa shape index (κ1) is 87.6. The summed E-state index contributed by atoms with van der Waals surface area (Å²) in [6.45, 7) is 26.9. The van der Waals surface area contributed by atoms with E-state index < -0.39 is 0 Å². The summed E-state index contributed by atoms with van der Waals surface area (Å²) in [5.74, 6) is 2.65. The summed E-state index contributed by atoms with van der Waals surface area (Å²) >= 11 is 0. The van der Waals surface area contributed by atoms with Gasteiger partial charge in [-0.25, -0.2) is 0 Å². The maximum absolute atomic E-state index is 12.4. The predicted octanol–water partition coefficient (Wildman–Crippen LogP) is 9.83. The van der Waals surface area contributed by atoms with Gasteiger partial charge < -0.3 is 93.6 Å². The number of likely N-dealkylation sites (tertiary alicyclic amines) is 2. The number of nitriles is 1. The number of ether oxygens (including phenoxy) is 3. The number of aliphatic hydroxyl groups is 2. The number of aromatic hydroxyl groups is 3. The van der Waals surface area contributed by atoms with Crippen molar-refractivity contribution in [2.24, 2.45) is 0 Å². The number of carbonyl (C=O) groups excluding carboxylic acids is 3. The van der Waals surface area contributed by atoms with E-state index in [-0.39, 0.29) is 86.2 Å². The molecule has 11 heterocycles. The number of rotatable bonds is 23. The van der Waals surface area contributed by atoms with Gasteiger partial charge in [-0.3, -0.25) is 14.4 Å². The summed E-state index contributed by atoms with van der Waals surface area (Å²) in [7, 11) is 2.12. The molecule has 3 aromatic heterocycles. The summed E-state index contributed by atoms with van der Waals surface area (Å²) in [5.41, 5.74) is 8.70. The number of phenolic OH excluding ortho intramolecular Hbond substituents is 3. The normalized spacial score (nSPS) is 19.2. The van der Waals surface area contributed by atoms with Crippen LogP contribution in [0.2, 0.25) is 0 Å². The van der Waals surface area contributed by atoms with Crippen molar-refractivity contribution in [2.75, 3.05) is 174 Å². The number of hydrogen-bond donors (Lipinski definition) is 5. The lowest BCUT2D eigenvalue weighted by atomic mass is 10.0. The molecule has 0 saturated carbocycles. The van der Waals surface area contributed by atoms with Crippen molar-refractivity contribution in [3.8, 4) is 41.3 Å². The molecule has 0 radical (unpaired) electrons. The molecule has 5 N–H and O–H groups in total. The number of benzene rings is 6. The van der Waals surface area contributed by atoms with Gasteiger partial charge in [0.15, 0.2) is 0 Å². The van der Waals surface area contributed by atoms with Crippen molar-refractivity contribution in [1.82, 2.24) is 54.4 Å². The van der Waals surface area contributed by atoms with E-state index in [2.05, 4.69) is 90.3 Å². The summed E-state index contributed by atoms with van der Waals surface area (Å²) in [6.07, 6.45) is 14.1. The van der Waals surface area contributed by atoms with Crippen LogP contribution in [0.1, 0.15) is 92.1 Å². The number of fused-ring (bicyclic) bond motifs is 6. The SMILES string of the molecule is C=CC(=O)N1CCN(c2nc(OCCC)nc3c2CCN(c2cc(O)cc4ccccc24)C3)CC1CC#N.C=CC(=O)N1CCN(c2nc(OCCCN3CCCCC3)nc3c2CCN(c2cc(O)cc4ccccc24)C3)C(CO)C1.C=CC(=O)N1CCN(c2nc(OC[C@@H]3CCCN3C)nc3c2CCN(c2cc(O)cc4ccccc24)C3)C(CO)C1.S. The van der Waals surface area contributed by atoms with Gasteiger partial charge in [0.2, 0.25) is 17.7 Å². The first-order valence-electron chi connectivity index (χ1n) is 43.0. The van der Waals surface area contributed by atoms with Crippen LogP contribution in [0.15, 0.2) is 147 Å². The van der Waals surface area contributed by atoms with Gasteiger partial charge in [-0.15, -0.1) is 0 Å². The topological polar surface area (TPSA) is 317 Å². The molecule has 8 aliphatic heterocycles. The molecule has 4 atom stereocenters. The van der Waals surface area contributed by atoms with Crippen molar-refractivity contribution < 1.29 is 54.1 Å². The van der Waals surface area contributed by atoms with Gasteiger partial charge in [0.1, 0.15) is 41.3 Å². The number of amides is 3. The molecule has 0 bridgehead atoms. The fourth-order valence-corrected chi connectivity index (χ4v) is 18.5. The molecule has 5 saturated heterocycles. The zero-order valence-corrected chi connectivity index (χ0v) is 71.5. The summed E-state index contributed by atoms with van der Waals surface area (Å²) in [4.78, 5) is 89.5. The number of piperidine rings is 1. The fraction of sp³-hybridized carbons (Fsp3) is 0.441. The van der Waals surface area contributed by atoms with Crippen LogP contribution in [0.25, 0.3) is 32.3 Å². The Morgan fingerprint density at radius 1 is 0.488 bits per heavy atom. The van der Waals surface area contributed by atoms with Crippen LogP contribution < -0.4 is 43.6 Å². The lowest BCUT2D eigenvalue weighted by molar-refractivity contribution is -0.129. The Morgan fingerprint density at radius 2 is 0.935 bits per heavy atom. The average molecular weight is 1690 g/mol. The highest BCUT2D eigenvalue weighted by atomic mass is 32.1. The van der Waals surface area contributed by atoms with Crippen LogP contribution in [0.3, 0.4) is 0 Å². The molecule has 0 aliphatic carbocycles. The van der Waals surface area contributed by atoms with Crippen LogP contribution in [-0.4, -0.2) is 267 Å². The second-order valence-electron chi connectivity index (χ2n) is 32.6. The Balaban J connectivity index is 0.000000150. The third-order valence-electron chi connectivity index (χ3n) is 24.8. The van der Waals surface area contributed by atoms with E-state index in [1.165, 1.54) is 37.5 Å². The van der Waals surface area contributed by atoms with Gasteiger partial charge in [-0.05, 0) is 137 Å². The number of hydrogen-bond acceptors (Lipinski definition) is 26. The molecule has 5 fully saturated rings. The second kappa shape index (κ2) is 40.5. The van der Waals surface area contributed by atoms with Crippen LogP contribution in [-0.2, 0) is 53.3 Å². The zero-order valence-electron chi connectivity index (χ0n) is 70.5. The maximum Gasteiger partial charge on any atom is 0.318 e.